The summed E-state index contributed by atoms with van der Waals surface area (Å²) in [6.45, 7) is 4.20. The molecule has 34 heavy (non-hydrogen) atoms. The molecule has 0 amide bonds. The molecule has 0 aliphatic rings. The lowest BCUT2D eigenvalue weighted by Gasteiger charge is -2.14. The molecule has 0 spiro atoms. The van der Waals surface area contributed by atoms with Gasteiger partial charge in [-0.1, -0.05) is 99.1 Å². The van der Waals surface area contributed by atoms with Crippen LogP contribution in [0.15, 0.2) is 91.0 Å². The third-order valence-corrected chi connectivity index (χ3v) is 6.57. The summed E-state index contributed by atoms with van der Waals surface area (Å²) in [4.78, 5) is 0. The molecule has 0 aromatic heterocycles. The minimum absolute atomic E-state index is 0.0400. The molecule has 0 saturated heterocycles. The highest BCUT2D eigenvalue weighted by atomic mass is 19.1. The minimum Gasteiger partial charge on any atom is -0.207 e. The van der Waals surface area contributed by atoms with Crippen LogP contribution in [0.3, 0.4) is 0 Å². The second kappa shape index (κ2) is 11.2. The summed E-state index contributed by atoms with van der Waals surface area (Å²) in [5.41, 5.74) is 6.57. The molecular formula is C32H32F2. The van der Waals surface area contributed by atoms with Crippen LogP contribution < -0.4 is 0 Å². The van der Waals surface area contributed by atoms with Crippen molar-refractivity contribution in [2.45, 2.75) is 51.9 Å². The van der Waals surface area contributed by atoms with Crippen LogP contribution in [0.1, 0.15) is 54.0 Å². The molecule has 0 aliphatic heterocycles. The minimum atomic E-state index is -0.478. The van der Waals surface area contributed by atoms with Gasteiger partial charge in [-0.05, 0) is 77.1 Å². The highest BCUT2D eigenvalue weighted by molar-refractivity contribution is 5.64. The summed E-state index contributed by atoms with van der Waals surface area (Å²) < 4.78 is 29.8. The van der Waals surface area contributed by atoms with Crippen LogP contribution in [0, 0.1) is 11.6 Å². The Kier molecular flexibility index (Phi) is 7.90. The van der Waals surface area contributed by atoms with Crippen LogP contribution in [0.5, 0.6) is 0 Å². The molecule has 174 valence electrons. The van der Waals surface area contributed by atoms with Crippen molar-refractivity contribution in [3.8, 4) is 11.1 Å². The molecule has 1 atom stereocenters. The van der Waals surface area contributed by atoms with E-state index >= 15 is 0 Å². The summed E-state index contributed by atoms with van der Waals surface area (Å²) in [5.74, 6) is -0.917. The van der Waals surface area contributed by atoms with Crippen LogP contribution >= 0.6 is 0 Å². The second-order valence-corrected chi connectivity index (χ2v) is 9.20. The topological polar surface area (TPSA) is 0 Å². The molecular weight excluding hydrogens is 422 g/mol. The molecule has 0 bridgehead atoms. The first kappa shape index (κ1) is 23.9. The van der Waals surface area contributed by atoms with Crippen molar-refractivity contribution < 1.29 is 8.78 Å². The third-order valence-electron chi connectivity index (χ3n) is 6.57. The van der Waals surface area contributed by atoms with Gasteiger partial charge in [0.1, 0.15) is 11.6 Å². The van der Waals surface area contributed by atoms with Gasteiger partial charge in [-0.15, -0.1) is 0 Å². The lowest BCUT2D eigenvalue weighted by atomic mass is 9.92. The van der Waals surface area contributed by atoms with E-state index in [2.05, 4.69) is 43.3 Å². The number of halogens is 2. The van der Waals surface area contributed by atoms with Crippen LogP contribution in [-0.2, 0) is 25.7 Å². The van der Waals surface area contributed by atoms with Gasteiger partial charge in [0.15, 0.2) is 0 Å². The first-order valence-electron chi connectivity index (χ1n) is 12.2. The van der Waals surface area contributed by atoms with Crippen LogP contribution in [0.25, 0.3) is 11.1 Å². The van der Waals surface area contributed by atoms with E-state index in [-0.39, 0.29) is 11.5 Å². The molecule has 0 aliphatic carbocycles. The fourth-order valence-corrected chi connectivity index (χ4v) is 4.48. The van der Waals surface area contributed by atoms with Gasteiger partial charge in [-0.2, -0.15) is 0 Å². The predicted octanol–water partition coefficient (Wildman–Crippen LogP) is 8.72. The van der Waals surface area contributed by atoms with Crippen LogP contribution in [-0.4, -0.2) is 0 Å². The molecule has 2 heteroatoms. The van der Waals surface area contributed by atoms with Crippen molar-refractivity contribution in [2.24, 2.45) is 0 Å². The maximum absolute atomic E-state index is 14.9. The van der Waals surface area contributed by atoms with E-state index in [4.69, 9.17) is 0 Å². The van der Waals surface area contributed by atoms with Crippen molar-refractivity contribution in [3.63, 3.8) is 0 Å². The zero-order valence-corrected chi connectivity index (χ0v) is 20.0. The average molecular weight is 455 g/mol. The second-order valence-electron chi connectivity index (χ2n) is 9.20. The number of benzene rings is 4. The fourth-order valence-electron chi connectivity index (χ4n) is 4.48. The van der Waals surface area contributed by atoms with Gasteiger partial charge >= 0.3 is 0 Å². The Morgan fingerprint density at radius 1 is 0.618 bits per heavy atom. The largest absolute Gasteiger partial charge is 0.207 e. The SMILES string of the molecule is CCCc1ccc(CCc2ccc(-c3cc(F)c(C[C@@H](C)c4ccccc4)c(F)c3)cc2)cc1. The van der Waals surface area contributed by atoms with Gasteiger partial charge in [0, 0.05) is 5.56 Å². The van der Waals surface area contributed by atoms with E-state index < -0.39 is 11.6 Å². The molecule has 0 radical (unpaired) electrons. The first-order valence-corrected chi connectivity index (χ1v) is 12.2. The van der Waals surface area contributed by atoms with Crippen molar-refractivity contribution in [2.75, 3.05) is 0 Å². The highest BCUT2D eigenvalue weighted by Gasteiger charge is 2.16. The van der Waals surface area contributed by atoms with Gasteiger partial charge < -0.3 is 0 Å². The Morgan fingerprint density at radius 2 is 1.12 bits per heavy atom. The van der Waals surface area contributed by atoms with Crippen molar-refractivity contribution >= 4 is 0 Å². The summed E-state index contributed by atoms with van der Waals surface area (Å²) >= 11 is 0. The van der Waals surface area contributed by atoms with E-state index in [1.807, 2.05) is 49.4 Å². The van der Waals surface area contributed by atoms with Crippen molar-refractivity contribution in [3.05, 3.63) is 130 Å². The van der Waals surface area contributed by atoms with Gasteiger partial charge in [-0.3, -0.25) is 0 Å². The Hall–Kier alpha value is -3.26. The van der Waals surface area contributed by atoms with Gasteiger partial charge in [0.2, 0.25) is 0 Å². The molecule has 0 unspecified atom stereocenters. The van der Waals surface area contributed by atoms with Crippen LogP contribution in [0.4, 0.5) is 8.78 Å². The lowest BCUT2D eigenvalue weighted by Crippen LogP contribution is -2.04. The highest BCUT2D eigenvalue weighted by Crippen LogP contribution is 2.29. The molecule has 4 rings (SSSR count). The Bertz CT molecular complexity index is 1170. The quantitative estimate of drug-likeness (QED) is 0.237. The van der Waals surface area contributed by atoms with E-state index in [1.165, 1.54) is 28.8 Å². The lowest BCUT2D eigenvalue weighted by molar-refractivity contribution is 0.544. The zero-order valence-electron chi connectivity index (χ0n) is 20.0. The summed E-state index contributed by atoms with van der Waals surface area (Å²) in [5, 5.41) is 0. The maximum atomic E-state index is 14.9. The van der Waals surface area contributed by atoms with Crippen molar-refractivity contribution in [1.82, 2.24) is 0 Å². The Morgan fingerprint density at radius 3 is 1.65 bits per heavy atom. The molecule has 4 aromatic carbocycles. The Balaban J connectivity index is 1.42. The smallest absolute Gasteiger partial charge is 0.129 e. The number of aryl methyl sites for hydroxylation is 3. The van der Waals surface area contributed by atoms with E-state index in [0.717, 1.165) is 36.8 Å². The summed E-state index contributed by atoms with van der Waals surface area (Å²) in [7, 11) is 0. The third kappa shape index (κ3) is 5.99. The van der Waals surface area contributed by atoms with E-state index in [0.29, 0.717) is 12.0 Å². The number of rotatable bonds is 9. The predicted molar refractivity (Wildman–Crippen MR) is 138 cm³/mol. The number of hydrogen-bond donors (Lipinski definition) is 0. The van der Waals surface area contributed by atoms with Gasteiger partial charge in [-0.25, -0.2) is 8.78 Å². The Labute approximate surface area is 202 Å². The average Bonchev–Trinajstić information content (AvgIpc) is 2.86. The molecule has 0 N–H and O–H groups in total. The van der Waals surface area contributed by atoms with Gasteiger partial charge in [0.05, 0.1) is 0 Å². The van der Waals surface area contributed by atoms with E-state index in [9.17, 15) is 8.78 Å². The fraction of sp³-hybridized carbons (Fsp3) is 0.250. The van der Waals surface area contributed by atoms with Gasteiger partial charge in [0.25, 0.3) is 0 Å². The maximum Gasteiger partial charge on any atom is 0.129 e. The number of hydrogen-bond acceptors (Lipinski definition) is 0. The molecule has 0 heterocycles. The summed E-state index contributed by atoms with van der Waals surface area (Å²) in [6, 6.07) is 29.7. The molecule has 0 nitrogen and oxygen atoms in total. The summed E-state index contributed by atoms with van der Waals surface area (Å²) in [6.07, 6.45) is 4.53. The molecule has 0 fully saturated rings. The first-order chi connectivity index (χ1) is 16.5. The van der Waals surface area contributed by atoms with Crippen LogP contribution in [0.2, 0.25) is 0 Å². The van der Waals surface area contributed by atoms with E-state index in [1.54, 1.807) is 0 Å². The molecule has 0 saturated carbocycles. The normalized spacial score (nSPS) is 12.0. The zero-order chi connectivity index (χ0) is 23.9. The van der Waals surface area contributed by atoms with Crippen molar-refractivity contribution in [1.29, 1.82) is 0 Å². The standard InChI is InChI=1S/C32H32F2/c1-3-7-24-10-12-25(13-11-24)14-15-26-16-18-28(19-17-26)29-21-31(33)30(32(34)22-29)20-23(2)27-8-5-4-6-9-27/h4-6,8-13,16-19,21-23H,3,7,14-15,20H2,1-2H3/t23-/m1/s1. The molecule has 4 aromatic rings. The monoisotopic (exact) mass is 454 g/mol.